The molecule has 28 heavy (non-hydrogen) atoms. The van der Waals surface area contributed by atoms with Gasteiger partial charge in [0.1, 0.15) is 6.42 Å². The Morgan fingerprint density at radius 2 is 2.04 bits per heavy atom. The van der Waals surface area contributed by atoms with Crippen molar-refractivity contribution in [2.24, 2.45) is 5.92 Å². The van der Waals surface area contributed by atoms with Crippen molar-refractivity contribution >= 4 is 11.8 Å². The second-order valence-corrected chi connectivity index (χ2v) is 6.88. The number of carbonyl (C=O) groups excluding carboxylic acids is 2. The van der Waals surface area contributed by atoms with Crippen molar-refractivity contribution in [3.63, 3.8) is 0 Å². The highest BCUT2D eigenvalue weighted by atomic mass is 16.5. The Hall–Kier alpha value is -2.75. The zero-order chi connectivity index (χ0) is 20.4. The quantitative estimate of drug-likeness (QED) is 0.702. The summed E-state index contributed by atoms with van der Waals surface area (Å²) in [5, 5.41) is 11.6. The van der Waals surface area contributed by atoms with E-state index in [1.54, 1.807) is 12.0 Å². The number of amides is 2. The number of likely N-dealkylation sites (tertiary alicyclic amines) is 1. The van der Waals surface area contributed by atoms with Crippen molar-refractivity contribution in [2.75, 3.05) is 33.4 Å². The maximum Gasteiger partial charge on any atom is 0.236 e. The molecule has 1 aliphatic heterocycles. The van der Waals surface area contributed by atoms with Crippen LogP contribution in [0.1, 0.15) is 38.2 Å². The van der Waals surface area contributed by atoms with E-state index in [4.69, 9.17) is 14.7 Å². The van der Waals surface area contributed by atoms with Crippen LogP contribution in [0, 0.1) is 17.2 Å². The normalized spacial score (nSPS) is 14.2. The number of piperidine rings is 1. The summed E-state index contributed by atoms with van der Waals surface area (Å²) >= 11 is 0. The molecule has 1 heterocycles. The van der Waals surface area contributed by atoms with E-state index < -0.39 is 0 Å². The predicted octanol–water partition coefficient (Wildman–Crippen LogP) is 2.29. The van der Waals surface area contributed by atoms with Crippen LogP contribution in [0.5, 0.6) is 11.5 Å². The van der Waals surface area contributed by atoms with Gasteiger partial charge in [0.2, 0.25) is 11.8 Å². The fourth-order valence-corrected chi connectivity index (χ4v) is 3.31. The highest BCUT2D eigenvalue weighted by molar-refractivity contribution is 5.78. The lowest BCUT2D eigenvalue weighted by Gasteiger charge is -2.31. The Bertz CT molecular complexity index is 706. The van der Waals surface area contributed by atoms with Crippen molar-refractivity contribution in [2.45, 2.75) is 39.0 Å². The van der Waals surface area contributed by atoms with Crippen molar-refractivity contribution < 1.29 is 19.1 Å². The molecule has 0 saturated carbocycles. The average molecular weight is 387 g/mol. The molecule has 0 radical (unpaired) electrons. The van der Waals surface area contributed by atoms with Crippen LogP contribution in [0.3, 0.4) is 0 Å². The number of ether oxygens (including phenoxy) is 2. The zero-order valence-corrected chi connectivity index (χ0v) is 16.7. The van der Waals surface area contributed by atoms with Crippen molar-refractivity contribution in [1.29, 1.82) is 5.26 Å². The molecule has 1 aliphatic rings. The number of rotatable bonds is 9. The second-order valence-electron chi connectivity index (χ2n) is 6.88. The van der Waals surface area contributed by atoms with Crippen LogP contribution in [0.25, 0.3) is 0 Å². The van der Waals surface area contributed by atoms with Gasteiger partial charge in [-0.3, -0.25) is 9.59 Å². The van der Waals surface area contributed by atoms with E-state index in [9.17, 15) is 9.59 Å². The molecule has 1 saturated heterocycles. The first-order chi connectivity index (χ1) is 13.6. The van der Waals surface area contributed by atoms with E-state index in [0.717, 1.165) is 18.4 Å². The van der Waals surface area contributed by atoms with Crippen LogP contribution in [0.4, 0.5) is 0 Å². The number of methoxy groups -OCH3 is 1. The molecule has 1 N–H and O–H groups in total. The monoisotopic (exact) mass is 387 g/mol. The first-order valence-corrected chi connectivity index (χ1v) is 9.78. The molecular weight excluding hydrogens is 358 g/mol. The Morgan fingerprint density at radius 1 is 1.29 bits per heavy atom. The fraction of sp³-hybridized carbons (Fsp3) is 0.571. The van der Waals surface area contributed by atoms with Crippen LogP contribution in [-0.2, 0) is 16.0 Å². The number of benzene rings is 1. The van der Waals surface area contributed by atoms with Gasteiger partial charge in [0.05, 0.1) is 19.8 Å². The molecule has 7 nitrogen and oxygen atoms in total. The van der Waals surface area contributed by atoms with Crippen molar-refractivity contribution in [1.82, 2.24) is 10.2 Å². The van der Waals surface area contributed by atoms with Crippen molar-refractivity contribution in [3.8, 4) is 17.6 Å². The van der Waals surface area contributed by atoms with E-state index in [0.29, 0.717) is 56.5 Å². The largest absolute Gasteiger partial charge is 0.493 e. The number of nitrogens with one attached hydrogen (secondary N) is 1. The summed E-state index contributed by atoms with van der Waals surface area (Å²) in [7, 11) is 1.60. The number of carbonyl (C=O) groups is 2. The number of aryl methyl sites for hydroxylation is 1. The summed E-state index contributed by atoms with van der Waals surface area (Å²) < 4.78 is 10.8. The first kappa shape index (κ1) is 21.5. The summed E-state index contributed by atoms with van der Waals surface area (Å²) in [6, 6.07) is 7.63. The Kier molecular flexibility index (Phi) is 8.60. The van der Waals surface area contributed by atoms with Gasteiger partial charge in [-0.05, 0) is 49.8 Å². The van der Waals surface area contributed by atoms with Gasteiger partial charge in [-0.15, -0.1) is 0 Å². The predicted molar refractivity (Wildman–Crippen MR) is 105 cm³/mol. The fourth-order valence-electron chi connectivity index (χ4n) is 3.31. The van der Waals surface area contributed by atoms with Crippen LogP contribution in [0.2, 0.25) is 0 Å². The third-order valence-electron chi connectivity index (χ3n) is 4.95. The molecule has 2 rings (SSSR count). The van der Waals surface area contributed by atoms with Gasteiger partial charge < -0.3 is 19.7 Å². The van der Waals surface area contributed by atoms with Crippen LogP contribution in [-0.4, -0.2) is 50.1 Å². The second kappa shape index (κ2) is 11.2. The average Bonchev–Trinajstić information content (AvgIpc) is 2.72. The van der Waals surface area contributed by atoms with E-state index in [-0.39, 0.29) is 18.2 Å². The van der Waals surface area contributed by atoms with E-state index in [2.05, 4.69) is 5.32 Å². The number of hydrogen-bond donors (Lipinski definition) is 1. The molecule has 1 aromatic rings. The summed E-state index contributed by atoms with van der Waals surface area (Å²) in [6.45, 7) is 4.45. The summed E-state index contributed by atoms with van der Waals surface area (Å²) in [5.41, 5.74) is 1.03. The van der Waals surface area contributed by atoms with Crippen LogP contribution >= 0.6 is 0 Å². The van der Waals surface area contributed by atoms with E-state index in [1.807, 2.05) is 31.2 Å². The summed E-state index contributed by atoms with van der Waals surface area (Å²) in [5.74, 6) is 1.68. The van der Waals surface area contributed by atoms with Gasteiger partial charge in [-0.25, -0.2) is 0 Å². The van der Waals surface area contributed by atoms with Crippen molar-refractivity contribution in [3.05, 3.63) is 23.8 Å². The first-order valence-electron chi connectivity index (χ1n) is 9.78. The minimum Gasteiger partial charge on any atom is -0.493 e. The molecule has 2 amide bonds. The maximum absolute atomic E-state index is 12.2. The van der Waals surface area contributed by atoms with E-state index >= 15 is 0 Å². The molecule has 0 spiro atoms. The molecule has 0 aromatic heterocycles. The molecule has 7 heteroatoms. The Labute approximate surface area is 166 Å². The number of hydrogen-bond acceptors (Lipinski definition) is 5. The standard InChI is InChI=1S/C21H29N3O4/c1-3-28-18-6-4-16(14-19(18)27-2)5-7-20(25)23-15-17-9-12-24(13-10-17)21(26)8-11-22/h4,6,14,17H,3,5,7-10,12-13,15H2,1-2H3,(H,23,25). The zero-order valence-electron chi connectivity index (χ0n) is 16.7. The molecule has 0 atom stereocenters. The number of nitriles is 1. The lowest BCUT2D eigenvalue weighted by atomic mass is 9.96. The maximum atomic E-state index is 12.2. The van der Waals surface area contributed by atoms with Crippen LogP contribution in [0.15, 0.2) is 18.2 Å². The van der Waals surface area contributed by atoms with Gasteiger partial charge in [0.15, 0.2) is 11.5 Å². The molecule has 0 aliphatic carbocycles. The summed E-state index contributed by atoms with van der Waals surface area (Å²) in [4.78, 5) is 25.6. The molecule has 1 aromatic carbocycles. The third-order valence-corrected chi connectivity index (χ3v) is 4.95. The van der Waals surface area contributed by atoms with Gasteiger partial charge in [0, 0.05) is 26.1 Å². The van der Waals surface area contributed by atoms with Gasteiger partial charge in [-0.1, -0.05) is 6.07 Å². The number of nitrogens with zero attached hydrogens (tertiary/aromatic N) is 2. The topological polar surface area (TPSA) is 91.7 Å². The minimum atomic E-state index is -0.101. The van der Waals surface area contributed by atoms with Gasteiger partial charge >= 0.3 is 0 Å². The highest BCUT2D eigenvalue weighted by Crippen LogP contribution is 2.28. The highest BCUT2D eigenvalue weighted by Gasteiger charge is 2.22. The summed E-state index contributed by atoms with van der Waals surface area (Å²) in [6.07, 6.45) is 2.70. The third kappa shape index (κ3) is 6.45. The van der Waals surface area contributed by atoms with Gasteiger partial charge in [-0.2, -0.15) is 5.26 Å². The smallest absolute Gasteiger partial charge is 0.236 e. The molecule has 152 valence electrons. The Balaban J connectivity index is 1.71. The molecular formula is C21H29N3O4. The molecule has 1 fully saturated rings. The Morgan fingerprint density at radius 3 is 2.68 bits per heavy atom. The van der Waals surface area contributed by atoms with E-state index in [1.165, 1.54) is 0 Å². The SMILES string of the molecule is CCOc1ccc(CCC(=O)NCC2CCN(C(=O)CC#N)CC2)cc1OC. The molecule has 0 unspecified atom stereocenters. The lowest BCUT2D eigenvalue weighted by Crippen LogP contribution is -2.41. The minimum absolute atomic E-state index is 0.0239. The lowest BCUT2D eigenvalue weighted by molar-refractivity contribution is -0.131. The van der Waals surface area contributed by atoms with Gasteiger partial charge in [0.25, 0.3) is 0 Å². The van der Waals surface area contributed by atoms with Crippen LogP contribution < -0.4 is 14.8 Å². The molecule has 0 bridgehead atoms.